The number of hydrogen-bond donors (Lipinski definition) is 1. The molecule has 132 valence electrons. The number of nitrogens with zero attached hydrogens (tertiary/aromatic N) is 2. The highest BCUT2D eigenvalue weighted by Gasteiger charge is 2.16. The van der Waals surface area contributed by atoms with Crippen LogP contribution >= 0.6 is 11.6 Å². The summed E-state index contributed by atoms with van der Waals surface area (Å²) >= 11 is 5.92. The highest BCUT2D eigenvalue weighted by atomic mass is 35.5. The minimum Gasteiger partial charge on any atom is -0.334 e. The van der Waals surface area contributed by atoms with Crippen LogP contribution in [0.15, 0.2) is 83.4 Å². The van der Waals surface area contributed by atoms with Crippen molar-refractivity contribution in [1.82, 2.24) is 10.1 Å². The highest BCUT2D eigenvalue weighted by Crippen LogP contribution is 2.29. The van der Waals surface area contributed by atoms with Gasteiger partial charge in [0.1, 0.15) is 0 Å². The van der Waals surface area contributed by atoms with Crippen LogP contribution in [0.4, 0.5) is 5.69 Å². The molecule has 0 saturated heterocycles. The lowest BCUT2D eigenvalue weighted by molar-refractivity contribution is 0.102. The third kappa shape index (κ3) is 3.73. The van der Waals surface area contributed by atoms with Crippen LogP contribution in [-0.2, 0) is 0 Å². The monoisotopic (exact) mass is 375 g/mol. The summed E-state index contributed by atoms with van der Waals surface area (Å²) in [4.78, 5) is 16.9. The predicted octanol–water partition coefficient (Wildman–Crippen LogP) is 5.31. The van der Waals surface area contributed by atoms with Crippen LogP contribution in [0.5, 0.6) is 0 Å². The largest absolute Gasteiger partial charge is 0.334 e. The molecule has 27 heavy (non-hydrogen) atoms. The van der Waals surface area contributed by atoms with Crippen LogP contribution in [0, 0.1) is 0 Å². The van der Waals surface area contributed by atoms with Gasteiger partial charge in [0.25, 0.3) is 11.8 Å². The molecule has 0 bridgehead atoms. The summed E-state index contributed by atoms with van der Waals surface area (Å²) in [7, 11) is 0. The Morgan fingerprint density at radius 1 is 0.889 bits per heavy atom. The number of benzene rings is 3. The summed E-state index contributed by atoms with van der Waals surface area (Å²) in [6.45, 7) is 0. The van der Waals surface area contributed by atoms with Crippen LogP contribution < -0.4 is 5.32 Å². The van der Waals surface area contributed by atoms with E-state index in [0.717, 1.165) is 5.56 Å². The zero-order chi connectivity index (χ0) is 18.6. The van der Waals surface area contributed by atoms with E-state index in [1.54, 1.807) is 30.3 Å². The number of rotatable bonds is 4. The van der Waals surface area contributed by atoms with Crippen LogP contribution in [0.1, 0.15) is 10.4 Å². The smallest absolute Gasteiger partial charge is 0.260 e. The van der Waals surface area contributed by atoms with E-state index in [2.05, 4.69) is 15.5 Å². The van der Waals surface area contributed by atoms with Crippen molar-refractivity contribution in [1.29, 1.82) is 0 Å². The van der Waals surface area contributed by atoms with Gasteiger partial charge < -0.3 is 9.84 Å². The maximum Gasteiger partial charge on any atom is 0.260 e. The average molecular weight is 376 g/mol. The van der Waals surface area contributed by atoms with Gasteiger partial charge in [-0.15, -0.1) is 0 Å². The zero-order valence-corrected chi connectivity index (χ0v) is 14.9. The number of carbonyl (C=O) groups excluding carboxylic acids is 1. The van der Waals surface area contributed by atoms with E-state index in [0.29, 0.717) is 33.6 Å². The number of hydrogen-bond acceptors (Lipinski definition) is 4. The summed E-state index contributed by atoms with van der Waals surface area (Å²) < 4.78 is 5.42. The molecule has 0 fully saturated rings. The summed E-state index contributed by atoms with van der Waals surface area (Å²) in [5, 5.41) is 7.56. The fourth-order valence-corrected chi connectivity index (χ4v) is 2.74. The molecule has 4 aromatic rings. The SMILES string of the molecule is O=C(Nc1ccccc1-c1nc(-c2ccc(Cl)cc2)no1)c1ccccc1. The average Bonchev–Trinajstić information content (AvgIpc) is 3.19. The van der Waals surface area contributed by atoms with E-state index < -0.39 is 0 Å². The lowest BCUT2D eigenvalue weighted by Gasteiger charge is -2.08. The first-order valence-corrected chi connectivity index (χ1v) is 8.64. The number of aromatic nitrogens is 2. The topological polar surface area (TPSA) is 68.0 Å². The molecule has 6 heteroatoms. The van der Waals surface area contributed by atoms with Crippen molar-refractivity contribution in [2.45, 2.75) is 0 Å². The fourth-order valence-electron chi connectivity index (χ4n) is 2.61. The molecule has 4 rings (SSSR count). The van der Waals surface area contributed by atoms with Gasteiger partial charge in [0, 0.05) is 16.1 Å². The van der Waals surface area contributed by atoms with E-state index >= 15 is 0 Å². The lowest BCUT2D eigenvalue weighted by atomic mass is 10.1. The van der Waals surface area contributed by atoms with Crippen molar-refractivity contribution in [3.05, 3.63) is 89.4 Å². The fraction of sp³-hybridized carbons (Fsp3) is 0. The summed E-state index contributed by atoms with van der Waals surface area (Å²) in [6.07, 6.45) is 0. The van der Waals surface area contributed by atoms with Gasteiger partial charge in [-0.25, -0.2) is 0 Å². The Labute approximate surface area is 160 Å². The van der Waals surface area contributed by atoms with Gasteiger partial charge in [0.05, 0.1) is 11.3 Å². The van der Waals surface area contributed by atoms with Gasteiger partial charge >= 0.3 is 0 Å². The Balaban J connectivity index is 1.63. The summed E-state index contributed by atoms with van der Waals surface area (Å²) in [5.74, 6) is 0.565. The summed E-state index contributed by atoms with van der Waals surface area (Å²) in [5.41, 5.74) is 2.60. The molecule has 0 radical (unpaired) electrons. The normalized spacial score (nSPS) is 10.6. The highest BCUT2D eigenvalue weighted by molar-refractivity contribution is 6.30. The van der Waals surface area contributed by atoms with Crippen molar-refractivity contribution < 1.29 is 9.32 Å². The molecule has 3 aromatic carbocycles. The molecule has 0 spiro atoms. The molecule has 0 aliphatic heterocycles. The first-order chi connectivity index (χ1) is 13.2. The molecule has 0 unspecified atom stereocenters. The van der Waals surface area contributed by atoms with Gasteiger partial charge in [-0.05, 0) is 48.5 Å². The van der Waals surface area contributed by atoms with Gasteiger partial charge in [-0.1, -0.05) is 47.1 Å². The molecule has 1 heterocycles. The van der Waals surface area contributed by atoms with Crippen molar-refractivity contribution in [2.75, 3.05) is 5.32 Å². The van der Waals surface area contributed by atoms with Crippen LogP contribution in [0.25, 0.3) is 22.8 Å². The third-order valence-electron chi connectivity index (χ3n) is 3.97. The Morgan fingerprint density at radius 2 is 1.59 bits per heavy atom. The lowest BCUT2D eigenvalue weighted by Crippen LogP contribution is -2.12. The maximum atomic E-state index is 12.5. The van der Waals surface area contributed by atoms with Gasteiger partial charge in [-0.2, -0.15) is 4.98 Å². The minimum atomic E-state index is -0.208. The van der Waals surface area contributed by atoms with E-state index in [4.69, 9.17) is 16.1 Å². The first kappa shape index (κ1) is 17.0. The molecular formula is C21H14ClN3O2. The van der Waals surface area contributed by atoms with Gasteiger partial charge in [0.15, 0.2) is 0 Å². The standard InChI is InChI=1S/C21H14ClN3O2/c22-16-12-10-14(11-13-16)19-24-21(27-25-19)17-8-4-5-9-18(17)23-20(26)15-6-2-1-3-7-15/h1-13H,(H,23,26). The van der Waals surface area contributed by atoms with E-state index in [1.165, 1.54) is 0 Å². The third-order valence-corrected chi connectivity index (χ3v) is 4.22. The Morgan fingerprint density at radius 3 is 2.37 bits per heavy atom. The summed E-state index contributed by atoms with van der Waals surface area (Å²) in [6, 6.07) is 23.5. The molecule has 1 amide bonds. The quantitative estimate of drug-likeness (QED) is 0.525. The van der Waals surface area contributed by atoms with E-state index in [9.17, 15) is 4.79 Å². The molecule has 0 aliphatic rings. The Hall–Kier alpha value is -3.44. The van der Waals surface area contributed by atoms with Crippen molar-refractivity contribution in [2.24, 2.45) is 0 Å². The molecule has 1 aromatic heterocycles. The molecule has 1 N–H and O–H groups in total. The van der Waals surface area contributed by atoms with E-state index in [1.807, 2.05) is 48.5 Å². The van der Waals surface area contributed by atoms with Crippen LogP contribution in [-0.4, -0.2) is 16.0 Å². The van der Waals surface area contributed by atoms with E-state index in [-0.39, 0.29) is 5.91 Å². The second kappa shape index (κ2) is 7.43. The molecule has 0 saturated carbocycles. The molecule has 0 aliphatic carbocycles. The molecule has 0 atom stereocenters. The number of para-hydroxylation sites is 1. The van der Waals surface area contributed by atoms with Crippen LogP contribution in [0.3, 0.4) is 0 Å². The Kier molecular flexibility index (Phi) is 4.68. The first-order valence-electron chi connectivity index (χ1n) is 8.26. The van der Waals surface area contributed by atoms with Crippen LogP contribution in [0.2, 0.25) is 5.02 Å². The molecule has 5 nitrogen and oxygen atoms in total. The number of carbonyl (C=O) groups is 1. The number of amides is 1. The number of nitrogens with one attached hydrogen (secondary N) is 1. The van der Waals surface area contributed by atoms with Crippen molar-refractivity contribution >= 4 is 23.2 Å². The second-order valence-electron chi connectivity index (χ2n) is 5.80. The van der Waals surface area contributed by atoms with Crippen molar-refractivity contribution in [3.8, 4) is 22.8 Å². The minimum absolute atomic E-state index is 0.208. The van der Waals surface area contributed by atoms with Gasteiger partial charge in [-0.3, -0.25) is 4.79 Å². The molecular weight excluding hydrogens is 362 g/mol. The Bertz CT molecular complexity index is 1080. The second-order valence-corrected chi connectivity index (χ2v) is 6.23. The van der Waals surface area contributed by atoms with Gasteiger partial charge in [0.2, 0.25) is 5.82 Å². The number of halogens is 1. The van der Waals surface area contributed by atoms with Crippen molar-refractivity contribution in [3.63, 3.8) is 0 Å². The zero-order valence-electron chi connectivity index (χ0n) is 14.1. The number of anilines is 1. The maximum absolute atomic E-state index is 12.5. The predicted molar refractivity (Wildman–Crippen MR) is 105 cm³/mol.